The smallest absolute Gasteiger partial charge is 0.434 e. The number of para-hydroxylation sites is 4. The molecule has 5 heteroatoms. The van der Waals surface area contributed by atoms with Gasteiger partial charge in [-0.2, -0.15) is 0 Å². The number of aromatic nitrogens is 2. The molecule has 2 aliphatic rings. The molecule has 4 heterocycles. The van der Waals surface area contributed by atoms with Crippen molar-refractivity contribution >= 4 is 61.5 Å². The number of rotatable bonds is 4. The van der Waals surface area contributed by atoms with Crippen LogP contribution in [0, 0.1) is 0 Å². The first-order valence-corrected chi connectivity index (χ1v) is 20.2. The van der Waals surface area contributed by atoms with Gasteiger partial charge in [0, 0.05) is 49.4 Å². The van der Waals surface area contributed by atoms with Gasteiger partial charge in [-0.15, -0.1) is 0 Å². The molecule has 4 nitrogen and oxygen atoms in total. The minimum absolute atomic E-state index is 0.297. The number of ether oxygens (including phenoxy) is 1. The lowest BCUT2D eigenvalue weighted by molar-refractivity contribution is 0.479. The van der Waals surface area contributed by atoms with Crippen LogP contribution in [0.4, 0.5) is 0 Å². The maximum absolute atomic E-state index is 7.05. The van der Waals surface area contributed by atoms with Gasteiger partial charge in [0.25, 0.3) is 0 Å². The van der Waals surface area contributed by atoms with E-state index in [1.54, 1.807) is 0 Å². The van der Waals surface area contributed by atoms with Crippen molar-refractivity contribution in [2.24, 2.45) is 0 Å². The Labute approximate surface area is 340 Å². The highest BCUT2D eigenvalue weighted by Gasteiger charge is 2.40. The van der Waals surface area contributed by atoms with E-state index in [0.29, 0.717) is 0 Å². The van der Waals surface area contributed by atoms with E-state index in [9.17, 15) is 0 Å². The third-order valence-electron chi connectivity index (χ3n) is 12.4. The Hall–Kier alpha value is -7.76. The standard InChI is InChI=1S/C54H33BN2O2/c1-5-21-47-40(16-1)41-17-2-6-22-48(41)56(47)38-14-9-12-34(30-38)36-26-28-44-45-20-11-25-51-54(45)55(59-52(44)32-36)46-29-27-37(33-53(46)58-51)35-13-10-15-39(31-35)57-49-23-7-3-18-42(49)43-19-4-8-24-50(43)57/h1-33H. The first kappa shape index (κ1) is 32.3. The maximum Gasteiger partial charge on any atom is 0.434 e. The van der Waals surface area contributed by atoms with Crippen molar-refractivity contribution in [3.63, 3.8) is 0 Å². The Bertz CT molecular complexity index is 3430. The fraction of sp³-hybridized carbons (Fsp3) is 0. The number of hydrogen-bond donors (Lipinski definition) is 0. The van der Waals surface area contributed by atoms with E-state index in [2.05, 4.69) is 209 Å². The molecule has 0 fully saturated rings. The van der Waals surface area contributed by atoms with Gasteiger partial charge in [-0.25, -0.2) is 0 Å². The second-order valence-electron chi connectivity index (χ2n) is 15.6. The van der Waals surface area contributed by atoms with Crippen LogP contribution in [0.3, 0.4) is 0 Å². The molecule has 2 aromatic heterocycles. The minimum atomic E-state index is -0.297. The number of benzene rings is 9. The van der Waals surface area contributed by atoms with Crippen molar-refractivity contribution in [1.82, 2.24) is 9.13 Å². The van der Waals surface area contributed by atoms with Crippen LogP contribution in [0.25, 0.3) is 88.4 Å². The van der Waals surface area contributed by atoms with Gasteiger partial charge in [0.15, 0.2) is 0 Å². The molecule has 11 aromatic rings. The summed E-state index contributed by atoms with van der Waals surface area (Å²) in [5, 5.41) is 5.02. The highest BCUT2D eigenvalue weighted by Crippen LogP contribution is 2.42. The summed E-state index contributed by atoms with van der Waals surface area (Å²) in [7, 11) is 0. The Morgan fingerprint density at radius 3 is 1.37 bits per heavy atom. The topological polar surface area (TPSA) is 28.3 Å². The molecular formula is C54H33BN2O2. The van der Waals surface area contributed by atoms with Crippen LogP contribution in [0.5, 0.6) is 17.2 Å². The van der Waals surface area contributed by atoms with Crippen LogP contribution in [0.2, 0.25) is 0 Å². The summed E-state index contributed by atoms with van der Waals surface area (Å²) in [4.78, 5) is 0. The summed E-state index contributed by atoms with van der Waals surface area (Å²) in [5.41, 5.74) is 15.8. The molecule has 0 unspecified atom stereocenters. The van der Waals surface area contributed by atoms with Crippen LogP contribution >= 0.6 is 0 Å². The predicted molar refractivity (Wildman–Crippen MR) is 244 cm³/mol. The van der Waals surface area contributed by atoms with Gasteiger partial charge >= 0.3 is 6.92 Å². The average Bonchev–Trinajstić information content (AvgIpc) is 3.82. The van der Waals surface area contributed by atoms with Gasteiger partial charge in [0.2, 0.25) is 0 Å². The van der Waals surface area contributed by atoms with Crippen molar-refractivity contribution < 1.29 is 9.39 Å². The zero-order chi connectivity index (χ0) is 38.6. The summed E-state index contributed by atoms with van der Waals surface area (Å²) in [6.45, 7) is -0.297. The van der Waals surface area contributed by atoms with E-state index in [1.807, 2.05) is 0 Å². The van der Waals surface area contributed by atoms with E-state index in [0.717, 1.165) is 72.9 Å². The Kier molecular flexibility index (Phi) is 6.78. The largest absolute Gasteiger partial charge is 0.551 e. The summed E-state index contributed by atoms with van der Waals surface area (Å²) in [6.07, 6.45) is 0. The van der Waals surface area contributed by atoms with Gasteiger partial charge in [0.05, 0.1) is 22.1 Å². The van der Waals surface area contributed by atoms with Crippen molar-refractivity contribution in [2.45, 2.75) is 0 Å². The second kappa shape index (κ2) is 12.4. The minimum Gasteiger partial charge on any atom is -0.551 e. The van der Waals surface area contributed by atoms with Crippen LogP contribution in [0.15, 0.2) is 200 Å². The molecule has 2 aliphatic heterocycles. The highest BCUT2D eigenvalue weighted by atomic mass is 16.5. The van der Waals surface area contributed by atoms with Crippen LogP contribution in [0.1, 0.15) is 0 Å². The monoisotopic (exact) mass is 752 g/mol. The lowest BCUT2D eigenvalue weighted by Gasteiger charge is -2.33. The maximum atomic E-state index is 7.05. The third kappa shape index (κ3) is 4.79. The SMILES string of the molecule is c1cc(-c2ccc3c(c2)Oc2cccc4c2B3Oc2cc(-c3cccc(-n5c6ccccc6c6ccccc65)c3)ccc2-4)cc(-n2c3ccccc3c3ccccc32)c1. The van der Waals surface area contributed by atoms with Crippen LogP contribution in [-0.4, -0.2) is 16.0 Å². The zero-order valence-corrected chi connectivity index (χ0v) is 31.8. The molecule has 9 aromatic carbocycles. The molecule has 0 atom stereocenters. The van der Waals surface area contributed by atoms with E-state index >= 15 is 0 Å². The fourth-order valence-electron chi connectivity index (χ4n) is 9.75. The second-order valence-corrected chi connectivity index (χ2v) is 15.6. The molecule has 274 valence electrons. The summed E-state index contributed by atoms with van der Waals surface area (Å²) in [6, 6.07) is 71.7. The average molecular weight is 753 g/mol. The quantitative estimate of drug-likeness (QED) is 0.168. The Balaban J connectivity index is 0.876. The molecule has 0 saturated heterocycles. The number of hydrogen-bond acceptors (Lipinski definition) is 2. The third-order valence-corrected chi connectivity index (χ3v) is 12.4. The van der Waals surface area contributed by atoms with Crippen molar-refractivity contribution in [1.29, 1.82) is 0 Å². The zero-order valence-electron chi connectivity index (χ0n) is 31.8. The molecule has 0 spiro atoms. The van der Waals surface area contributed by atoms with Crippen LogP contribution in [-0.2, 0) is 0 Å². The van der Waals surface area contributed by atoms with E-state index in [-0.39, 0.29) is 6.92 Å². The highest BCUT2D eigenvalue weighted by molar-refractivity contribution is 6.84. The van der Waals surface area contributed by atoms with Gasteiger partial charge in [-0.3, -0.25) is 0 Å². The van der Waals surface area contributed by atoms with Crippen molar-refractivity contribution in [3.05, 3.63) is 200 Å². The first-order chi connectivity index (χ1) is 29.2. The molecule has 13 rings (SSSR count). The number of fused-ring (bicyclic) bond motifs is 10. The molecule has 0 N–H and O–H groups in total. The van der Waals surface area contributed by atoms with E-state index in [4.69, 9.17) is 9.39 Å². The van der Waals surface area contributed by atoms with Gasteiger partial charge < -0.3 is 18.5 Å². The van der Waals surface area contributed by atoms with Gasteiger partial charge in [-0.1, -0.05) is 133 Å². The lowest BCUT2D eigenvalue weighted by atomic mass is 9.51. The number of nitrogens with zero attached hydrogens (tertiary/aromatic N) is 2. The molecule has 59 heavy (non-hydrogen) atoms. The Morgan fingerprint density at radius 2 is 0.814 bits per heavy atom. The van der Waals surface area contributed by atoms with Gasteiger partial charge in [-0.05, 0) is 94.5 Å². The normalized spacial score (nSPS) is 12.6. The summed E-state index contributed by atoms with van der Waals surface area (Å²) in [5.74, 6) is 2.53. The Morgan fingerprint density at radius 1 is 0.339 bits per heavy atom. The molecular weight excluding hydrogens is 719 g/mol. The lowest BCUT2D eigenvalue weighted by Crippen LogP contribution is -2.53. The van der Waals surface area contributed by atoms with Crippen molar-refractivity contribution in [3.8, 4) is 62.0 Å². The fourth-order valence-corrected chi connectivity index (χ4v) is 9.75. The first-order valence-electron chi connectivity index (χ1n) is 20.2. The predicted octanol–water partition coefficient (Wildman–Crippen LogP) is 12.5. The summed E-state index contributed by atoms with van der Waals surface area (Å²) >= 11 is 0. The van der Waals surface area contributed by atoms with E-state index in [1.165, 1.54) is 43.6 Å². The van der Waals surface area contributed by atoms with E-state index < -0.39 is 0 Å². The molecule has 0 amide bonds. The molecule has 0 radical (unpaired) electrons. The molecule has 0 bridgehead atoms. The summed E-state index contributed by atoms with van der Waals surface area (Å²) < 4.78 is 18.5. The van der Waals surface area contributed by atoms with Crippen LogP contribution < -0.4 is 20.3 Å². The molecule has 0 aliphatic carbocycles. The molecule has 0 saturated carbocycles. The van der Waals surface area contributed by atoms with Crippen molar-refractivity contribution in [2.75, 3.05) is 0 Å². The van der Waals surface area contributed by atoms with Gasteiger partial charge in [0.1, 0.15) is 17.2 Å².